The van der Waals surface area contributed by atoms with Crippen LogP contribution < -0.4 is 15.4 Å². The van der Waals surface area contributed by atoms with E-state index in [-0.39, 0.29) is 17.3 Å². The molecule has 0 aliphatic heterocycles. The number of amides is 2. The molecule has 3 rings (SSSR count). The molecule has 3 aromatic rings. The molecule has 152 valence electrons. The summed E-state index contributed by atoms with van der Waals surface area (Å²) in [6.07, 6.45) is 2.74. The molecule has 29 heavy (non-hydrogen) atoms. The number of aryl methyl sites for hydroxylation is 2. The van der Waals surface area contributed by atoms with Gasteiger partial charge in [-0.25, -0.2) is 0 Å². The average Bonchev–Trinajstić information content (AvgIpc) is 3.35. The summed E-state index contributed by atoms with van der Waals surface area (Å²) in [6, 6.07) is 0. The van der Waals surface area contributed by atoms with Crippen molar-refractivity contribution < 1.29 is 19.2 Å². The Hall–Kier alpha value is -4.23. The fourth-order valence-corrected chi connectivity index (χ4v) is 2.58. The molecule has 0 saturated heterocycles. The summed E-state index contributed by atoms with van der Waals surface area (Å²) in [6.45, 7) is 1.78. The lowest BCUT2D eigenvalue weighted by Gasteiger charge is -2.08. The Morgan fingerprint density at radius 1 is 1.14 bits per heavy atom. The van der Waals surface area contributed by atoms with Gasteiger partial charge in [0.05, 0.1) is 41.5 Å². The first-order chi connectivity index (χ1) is 13.7. The van der Waals surface area contributed by atoms with Gasteiger partial charge in [0, 0.05) is 14.1 Å². The topological polar surface area (TPSA) is 175 Å². The molecule has 0 aliphatic rings. The molecule has 3 N–H and O–H groups in total. The van der Waals surface area contributed by atoms with Gasteiger partial charge >= 0.3 is 11.6 Å². The van der Waals surface area contributed by atoms with Crippen LogP contribution in [-0.4, -0.2) is 53.6 Å². The average molecular weight is 403 g/mol. The molecule has 0 unspecified atom stereocenters. The van der Waals surface area contributed by atoms with Crippen LogP contribution in [0.1, 0.15) is 26.7 Å². The van der Waals surface area contributed by atoms with Crippen molar-refractivity contribution in [3.05, 3.63) is 39.6 Å². The van der Waals surface area contributed by atoms with E-state index in [9.17, 15) is 19.7 Å². The van der Waals surface area contributed by atoms with Gasteiger partial charge in [-0.3, -0.25) is 34.2 Å². The Morgan fingerprint density at radius 2 is 1.76 bits per heavy atom. The lowest BCUT2D eigenvalue weighted by molar-refractivity contribution is -0.386. The minimum absolute atomic E-state index is 0.0377. The molecule has 14 nitrogen and oxygen atoms in total. The van der Waals surface area contributed by atoms with E-state index in [0.717, 1.165) is 5.69 Å². The van der Waals surface area contributed by atoms with Crippen molar-refractivity contribution >= 4 is 28.9 Å². The Labute approximate surface area is 163 Å². The van der Waals surface area contributed by atoms with Gasteiger partial charge in [-0.1, -0.05) is 0 Å². The standard InChI is InChI=1S/C15H17N9O5/c1-7-8(5-16-22(7)2)18-14(26)11-9(6-17-23(11)3)19-13(25)10-12(24(27)28)15(29-4)21-20-10/h5-6H,1-4H3,(H,18,26)(H,19,25)(H,20,21). The molecule has 0 aliphatic carbocycles. The summed E-state index contributed by atoms with van der Waals surface area (Å²) < 4.78 is 7.63. The summed E-state index contributed by atoms with van der Waals surface area (Å²) in [4.78, 5) is 35.7. The molecular weight excluding hydrogens is 386 g/mol. The van der Waals surface area contributed by atoms with Crippen molar-refractivity contribution in [2.45, 2.75) is 6.92 Å². The number of aromatic nitrogens is 6. The summed E-state index contributed by atoms with van der Waals surface area (Å²) in [7, 11) is 4.43. The third-order valence-electron chi connectivity index (χ3n) is 4.20. The predicted molar refractivity (Wildman–Crippen MR) is 98.9 cm³/mol. The quantitative estimate of drug-likeness (QED) is 0.396. The van der Waals surface area contributed by atoms with Crippen molar-refractivity contribution in [3.8, 4) is 5.88 Å². The van der Waals surface area contributed by atoms with Gasteiger partial charge in [-0.05, 0) is 6.92 Å². The van der Waals surface area contributed by atoms with E-state index in [0.29, 0.717) is 5.69 Å². The molecule has 3 heterocycles. The number of hydrogen-bond donors (Lipinski definition) is 3. The molecule has 2 amide bonds. The van der Waals surface area contributed by atoms with E-state index in [1.165, 1.54) is 31.2 Å². The third kappa shape index (κ3) is 3.50. The predicted octanol–water partition coefficient (Wildman–Crippen LogP) is 0.607. The van der Waals surface area contributed by atoms with Gasteiger partial charge in [0.1, 0.15) is 5.69 Å². The number of ether oxygens (including phenoxy) is 1. The fourth-order valence-electron chi connectivity index (χ4n) is 2.58. The smallest absolute Gasteiger partial charge is 0.362 e. The third-order valence-corrected chi connectivity index (χ3v) is 4.20. The van der Waals surface area contributed by atoms with Crippen molar-refractivity contribution in [1.29, 1.82) is 0 Å². The maximum absolute atomic E-state index is 12.7. The second-order valence-electron chi connectivity index (χ2n) is 5.92. The van der Waals surface area contributed by atoms with Crippen LogP contribution in [0.2, 0.25) is 0 Å². The van der Waals surface area contributed by atoms with Crippen LogP contribution in [0, 0.1) is 17.0 Å². The number of nitro groups is 1. The number of rotatable bonds is 6. The molecule has 0 bridgehead atoms. The minimum atomic E-state index is -0.882. The second kappa shape index (κ2) is 7.41. The molecule has 0 radical (unpaired) electrons. The van der Waals surface area contributed by atoms with E-state index >= 15 is 0 Å². The number of anilines is 2. The molecule has 0 fully saturated rings. The Balaban J connectivity index is 1.87. The van der Waals surface area contributed by atoms with Crippen LogP contribution in [0.5, 0.6) is 5.88 Å². The van der Waals surface area contributed by atoms with Crippen LogP contribution in [0.3, 0.4) is 0 Å². The van der Waals surface area contributed by atoms with Crippen LogP contribution in [0.4, 0.5) is 17.1 Å². The molecular formula is C15H17N9O5. The van der Waals surface area contributed by atoms with Crippen LogP contribution in [0.15, 0.2) is 12.4 Å². The zero-order valence-electron chi connectivity index (χ0n) is 15.9. The van der Waals surface area contributed by atoms with Crippen LogP contribution in [0.25, 0.3) is 0 Å². The molecule has 3 aromatic heterocycles. The zero-order valence-corrected chi connectivity index (χ0v) is 15.9. The maximum Gasteiger partial charge on any atom is 0.362 e. The van der Waals surface area contributed by atoms with Crippen molar-refractivity contribution in [2.24, 2.45) is 14.1 Å². The second-order valence-corrected chi connectivity index (χ2v) is 5.92. The van der Waals surface area contributed by atoms with Crippen molar-refractivity contribution in [3.63, 3.8) is 0 Å². The van der Waals surface area contributed by atoms with Gasteiger partial charge in [0.2, 0.25) is 5.69 Å². The lowest BCUT2D eigenvalue weighted by Crippen LogP contribution is -2.21. The number of carbonyl (C=O) groups excluding carboxylic acids is 2. The maximum atomic E-state index is 12.7. The zero-order chi connectivity index (χ0) is 21.3. The van der Waals surface area contributed by atoms with Gasteiger partial charge < -0.3 is 15.4 Å². The SMILES string of the molecule is COc1n[nH]c(C(=O)Nc2cnn(C)c2C(=O)Nc2cnn(C)c2C)c1[N+](=O)[O-]. The first-order valence-electron chi connectivity index (χ1n) is 8.14. The summed E-state index contributed by atoms with van der Waals surface area (Å²) in [5, 5.41) is 30.2. The highest BCUT2D eigenvalue weighted by Crippen LogP contribution is 2.28. The van der Waals surface area contributed by atoms with Crippen LogP contribution in [-0.2, 0) is 14.1 Å². The van der Waals surface area contributed by atoms with Gasteiger partial charge in [0.15, 0.2) is 0 Å². The Kier molecular flexibility index (Phi) is 4.99. The highest BCUT2D eigenvalue weighted by atomic mass is 16.6. The normalized spacial score (nSPS) is 10.6. The Morgan fingerprint density at radius 3 is 2.34 bits per heavy atom. The number of H-pyrrole nitrogens is 1. The molecule has 0 atom stereocenters. The fraction of sp³-hybridized carbons (Fsp3) is 0.267. The highest BCUT2D eigenvalue weighted by Gasteiger charge is 2.31. The molecule has 0 aromatic carbocycles. The number of hydrogen-bond acceptors (Lipinski definition) is 8. The van der Waals surface area contributed by atoms with Gasteiger partial charge in [0.25, 0.3) is 11.8 Å². The highest BCUT2D eigenvalue weighted by molar-refractivity contribution is 6.12. The van der Waals surface area contributed by atoms with Crippen molar-refractivity contribution in [1.82, 2.24) is 29.8 Å². The van der Waals surface area contributed by atoms with Gasteiger partial charge in [-0.2, -0.15) is 10.2 Å². The largest absolute Gasteiger partial charge is 0.475 e. The number of nitrogens with one attached hydrogen (secondary N) is 3. The molecule has 14 heteroatoms. The van der Waals surface area contributed by atoms with Gasteiger partial charge in [-0.15, -0.1) is 5.10 Å². The first-order valence-corrected chi connectivity index (χ1v) is 8.14. The van der Waals surface area contributed by atoms with Crippen LogP contribution >= 0.6 is 0 Å². The molecule has 0 spiro atoms. The van der Waals surface area contributed by atoms with E-state index in [1.54, 1.807) is 18.7 Å². The van der Waals surface area contributed by atoms with E-state index in [2.05, 4.69) is 31.0 Å². The summed E-state index contributed by atoms with van der Waals surface area (Å²) >= 11 is 0. The summed E-state index contributed by atoms with van der Waals surface area (Å²) in [5.74, 6) is -1.77. The summed E-state index contributed by atoms with van der Waals surface area (Å²) in [5.41, 5.74) is 0.266. The lowest BCUT2D eigenvalue weighted by atomic mass is 10.3. The molecule has 0 saturated carbocycles. The Bertz CT molecular complexity index is 1110. The van der Waals surface area contributed by atoms with E-state index in [4.69, 9.17) is 4.74 Å². The number of nitrogens with zero attached hydrogens (tertiary/aromatic N) is 6. The van der Waals surface area contributed by atoms with Crippen molar-refractivity contribution in [2.75, 3.05) is 17.7 Å². The minimum Gasteiger partial charge on any atom is -0.475 e. The van der Waals surface area contributed by atoms with E-state index in [1.807, 2.05) is 0 Å². The number of carbonyl (C=O) groups is 2. The number of aromatic amines is 1. The monoisotopic (exact) mass is 403 g/mol. The van der Waals surface area contributed by atoms with E-state index < -0.39 is 28.1 Å². The first kappa shape index (κ1) is 19.5. The number of methoxy groups -OCH3 is 1.